The lowest BCUT2D eigenvalue weighted by molar-refractivity contribution is 1.19. The molecule has 0 atom stereocenters. The molecule has 5 nitrogen and oxygen atoms in total. The average Bonchev–Trinajstić information content (AvgIpc) is 3.00. The van der Waals surface area contributed by atoms with Crippen molar-refractivity contribution in [2.45, 2.75) is 13.8 Å². The molecule has 108 valence electrons. The smallest absolute Gasteiger partial charge is 0.188 e. The van der Waals surface area contributed by atoms with Gasteiger partial charge in [-0.05, 0) is 26.0 Å². The summed E-state index contributed by atoms with van der Waals surface area (Å²) < 4.78 is 0. The second kappa shape index (κ2) is 5.59. The standard InChI is InChI=1S/C13H12ClN5S2/c1-6-8(14)3-4-10(16-6)19-13-18-9(5-20-13)11-7(2)17-12(15)21-11/h3-5H,1-2H3,(H2,15,17)(H,16,18,19). The number of hydrogen-bond acceptors (Lipinski definition) is 7. The number of nitrogens with two attached hydrogens (primary N) is 1. The Bertz CT molecular complexity index is 796. The first-order valence-corrected chi connectivity index (χ1v) is 8.19. The number of nitrogens with one attached hydrogen (secondary N) is 1. The van der Waals surface area contributed by atoms with Crippen molar-refractivity contribution >= 4 is 50.4 Å². The highest BCUT2D eigenvalue weighted by atomic mass is 35.5. The summed E-state index contributed by atoms with van der Waals surface area (Å²) in [5.74, 6) is 0.721. The molecule has 0 aliphatic carbocycles. The van der Waals surface area contributed by atoms with Gasteiger partial charge in [-0.15, -0.1) is 11.3 Å². The van der Waals surface area contributed by atoms with Crippen LogP contribution in [0.4, 0.5) is 16.1 Å². The number of hydrogen-bond donors (Lipinski definition) is 2. The van der Waals surface area contributed by atoms with Crippen molar-refractivity contribution in [3.8, 4) is 10.6 Å². The molecule has 3 heterocycles. The molecule has 3 aromatic rings. The Morgan fingerprint density at radius 1 is 1.14 bits per heavy atom. The molecule has 8 heteroatoms. The summed E-state index contributed by atoms with van der Waals surface area (Å²) in [6.45, 7) is 3.79. The van der Waals surface area contributed by atoms with Gasteiger partial charge in [0.25, 0.3) is 0 Å². The highest BCUT2D eigenvalue weighted by Crippen LogP contribution is 2.34. The topological polar surface area (TPSA) is 76.7 Å². The molecule has 3 N–H and O–H groups in total. The zero-order chi connectivity index (χ0) is 15.0. The molecular weight excluding hydrogens is 326 g/mol. The van der Waals surface area contributed by atoms with E-state index in [1.54, 1.807) is 0 Å². The van der Waals surface area contributed by atoms with E-state index in [2.05, 4.69) is 20.3 Å². The lowest BCUT2D eigenvalue weighted by Crippen LogP contribution is -1.94. The molecular formula is C13H12ClN5S2. The summed E-state index contributed by atoms with van der Waals surface area (Å²) in [4.78, 5) is 14.1. The number of aromatic nitrogens is 3. The number of nitrogen functional groups attached to an aromatic ring is 1. The first-order valence-electron chi connectivity index (χ1n) is 6.12. The molecule has 0 aliphatic heterocycles. The van der Waals surface area contributed by atoms with Crippen LogP contribution in [0.3, 0.4) is 0 Å². The van der Waals surface area contributed by atoms with Crippen LogP contribution in [0.15, 0.2) is 17.5 Å². The van der Waals surface area contributed by atoms with E-state index < -0.39 is 0 Å². The van der Waals surface area contributed by atoms with Crippen LogP contribution in [-0.2, 0) is 0 Å². The third-order valence-corrected chi connectivity index (χ3v) is 4.97. The normalized spacial score (nSPS) is 10.8. The molecule has 0 radical (unpaired) electrons. The predicted molar refractivity (Wildman–Crippen MR) is 89.6 cm³/mol. The van der Waals surface area contributed by atoms with Gasteiger partial charge in [0, 0.05) is 5.38 Å². The second-order valence-corrected chi connectivity index (χ2v) is 6.69. The fourth-order valence-electron chi connectivity index (χ4n) is 1.81. The van der Waals surface area contributed by atoms with Crippen LogP contribution in [0.25, 0.3) is 10.6 Å². The van der Waals surface area contributed by atoms with Gasteiger partial charge in [-0.2, -0.15) is 0 Å². The van der Waals surface area contributed by atoms with Gasteiger partial charge >= 0.3 is 0 Å². The minimum absolute atomic E-state index is 0.556. The van der Waals surface area contributed by atoms with E-state index in [-0.39, 0.29) is 0 Å². The maximum absolute atomic E-state index is 5.97. The Morgan fingerprint density at radius 2 is 1.95 bits per heavy atom. The van der Waals surface area contributed by atoms with Crippen LogP contribution >= 0.6 is 34.3 Å². The lowest BCUT2D eigenvalue weighted by Gasteiger charge is -2.03. The van der Waals surface area contributed by atoms with Crippen molar-refractivity contribution in [3.63, 3.8) is 0 Å². The van der Waals surface area contributed by atoms with Gasteiger partial charge in [-0.3, -0.25) is 0 Å². The van der Waals surface area contributed by atoms with E-state index in [4.69, 9.17) is 17.3 Å². The van der Waals surface area contributed by atoms with Crippen LogP contribution in [-0.4, -0.2) is 15.0 Å². The number of nitrogens with zero attached hydrogens (tertiary/aromatic N) is 3. The fourth-order valence-corrected chi connectivity index (χ4v) is 3.50. The molecule has 3 rings (SSSR count). The highest BCUT2D eigenvalue weighted by molar-refractivity contribution is 7.19. The molecule has 21 heavy (non-hydrogen) atoms. The third kappa shape index (κ3) is 2.99. The highest BCUT2D eigenvalue weighted by Gasteiger charge is 2.12. The molecule has 0 aliphatic rings. The molecule has 0 unspecified atom stereocenters. The van der Waals surface area contributed by atoms with E-state index in [9.17, 15) is 0 Å². The largest absolute Gasteiger partial charge is 0.375 e. The molecule has 0 bridgehead atoms. The average molecular weight is 338 g/mol. The van der Waals surface area contributed by atoms with Gasteiger partial charge < -0.3 is 11.1 Å². The minimum atomic E-state index is 0.556. The first-order chi connectivity index (χ1) is 10.0. The number of aryl methyl sites for hydroxylation is 2. The van der Waals surface area contributed by atoms with Crippen LogP contribution in [0.2, 0.25) is 5.02 Å². The van der Waals surface area contributed by atoms with Crippen LogP contribution in [0.1, 0.15) is 11.4 Å². The summed E-state index contributed by atoms with van der Waals surface area (Å²) in [5.41, 5.74) is 8.28. The fraction of sp³-hybridized carbons (Fsp3) is 0.154. The zero-order valence-electron chi connectivity index (χ0n) is 11.3. The summed E-state index contributed by atoms with van der Waals surface area (Å²) >= 11 is 8.92. The number of pyridine rings is 1. The maximum atomic E-state index is 5.97. The summed E-state index contributed by atoms with van der Waals surface area (Å²) in [7, 11) is 0. The Balaban J connectivity index is 1.85. The van der Waals surface area contributed by atoms with Crippen molar-refractivity contribution in [1.82, 2.24) is 15.0 Å². The van der Waals surface area contributed by atoms with Crippen molar-refractivity contribution in [2.24, 2.45) is 0 Å². The van der Waals surface area contributed by atoms with E-state index in [1.165, 1.54) is 22.7 Å². The van der Waals surface area contributed by atoms with Gasteiger partial charge in [0.05, 0.1) is 27.0 Å². The van der Waals surface area contributed by atoms with Crippen molar-refractivity contribution in [2.75, 3.05) is 11.1 Å². The zero-order valence-corrected chi connectivity index (χ0v) is 13.7. The van der Waals surface area contributed by atoms with E-state index in [1.807, 2.05) is 31.4 Å². The van der Waals surface area contributed by atoms with Crippen molar-refractivity contribution in [3.05, 3.63) is 33.9 Å². The predicted octanol–water partition coefficient (Wildman–Crippen LogP) is 4.26. The molecule has 0 fully saturated rings. The third-order valence-electron chi connectivity index (χ3n) is 2.81. The number of rotatable bonds is 3. The first kappa shape index (κ1) is 14.2. The van der Waals surface area contributed by atoms with Gasteiger partial charge in [-0.1, -0.05) is 22.9 Å². The molecule has 0 aromatic carbocycles. The van der Waals surface area contributed by atoms with Gasteiger partial charge in [0.2, 0.25) is 0 Å². The Morgan fingerprint density at radius 3 is 2.62 bits per heavy atom. The summed E-state index contributed by atoms with van der Waals surface area (Å²) in [6, 6.07) is 3.64. The van der Waals surface area contributed by atoms with E-state index >= 15 is 0 Å². The quantitative estimate of drug-likeness (QED) is 0.746. The van der Waals surface area contributed by atoms with Crippen molar-refractivity contribution < 1.29 is 0 Å². The summed E-state index contributed by atoms with van der Waals surface area (Å²) in [5, 5.41) is 7.13. The van der Waals surface area contributed by atoms with Gasteiger partial charge in [0.1, 0.15) is 5.82 Å². The van der Waals surface area contributed by atoms with Crippen LogP contribution < -0.4 is 11.1 Å². The summed E-state index contributed by atoms with van der Waals surface area (Å²) in [6.07, 6.45) is 0. The van der Waals surface area contributed by atoms with Crippen molar-refractivity contribution in [1.29, 1.82) is 0 Å². The lowest BCUT2D eigenvalue weighted by atomic mass is 10.3. The van der Waals surface area contributed by atoms with Gasteiger partial charge in [-0.25, -0.2) is 15.0 Å². The van der Waals surface area contributed by atoms with Crippen LogP contribution in [0, 0.1) is 13.8 Å². The SMILES string of the molecule is Cc1nc(Nc2nc(-c3sc(N)nc3C)cs2)ccc1Cl. The monoisotopic (exact) mass is 337 g/mol. The van der Waals surface area contributed by atoms with E-state index in [0.717, 1.165) is 32.9 Å². The van der Waals surface area contributed by atoms with E-state index in [0.29, 0.717) is 10.2 Å². The molecule has 0 spiro atoms. The Hall–Kier alpha value is -1.70. The Kier molecular flexibility index (Phi) is 3.79. The van der Waals surface area contributed by atoms with Gasteiger partial charge in [0.15, 0.2) is 10.3 Å². The second-order valence-electron chi connectivity index (χ2n) is 4.39. The number of halogens is 1. The molecule has 0 saturated heterocycles. The molecule has 0 amide bonds. The number of thiazole rings is 2. The molecule has 3 aromatic heterocycles. The van der Waals surface area contributed by atoms with Crippen LogP contribution in [0.5, 0.6) is 0 Å². The number of anilines is 3. The Labute approximate surface area is 134 Å². The minimum Gasteiger partial charge on any atom is -0.375 e. The molecule has 0 saturated carbocycles. The maximum Gasteiger partial charge on any atom is 0.188 e.